The number of aryl methyl sites for hydroxylation is 2. The van der Waals surface area contributed by atoms with Crippen LogP contribution in [0.25, 0.3) is 0 Å². The lowest BCUT2D eigenvalue weighted by Gasteiger charge is -2.35. The molecule has 0 aliphatic carbocycles. The second kappa shape index (κ2) is 10.6. The lowest BCUT2D eigenvalue weighted by atomic mass is 10.1. The van der Waals surface area contributed by atoms with Crippen LogP contribution in [0.1, 0.15) is 35.1 Å². The molecule has 1 N–H and O–H groups in total. The highest BCUT2D eigenvalue weighted by Crippen LogP contribution is 2.37. The van der Waals surface area contributed by atoms with Gasteiger partial charge in [0.1, 0.15) is 5.75 Å². The summed E-state index contributed by atoms with van der Waals surface area (Å²) in [6.45, 7) is 7.22. The third-order valence-corrected chi connectivity index (χ3v) is 8.74. The Morgan fingerprint density at radius 1 is 0.946 bits per heavy atom. The van der Waals surface area contributed by atoms with Crippen molar-refractivity contribution in [2.24, 2.45) is 0 Å². The molecule has 0 bridgehead atoms. The van der Waals surface area contributed by atoms with E-state index in [0.29, 0.717) is 18.0 Å². The average Bonchev–Trinajstić information content (AvgIpc) is 3.40. The van der Waals surface area contributed by atoms with E-state index < -0.39 is 16.1 Å². The molecule has 2 aliphatic heterocycles. The number of carbonyl (C=O) groups is 1. The maximum atomic E-state index is 13.6. The van der Waals surface area contributed by atoms with E-state index in [-0.39, 0.29) is 17.3 Å². The number of amides is 1. The average molecular weight is 520 g/mol. The van der Waals surface area contributed by atoms with Gasteiger partial charge in [-0.15, -0.1) is 0 Å². The van der Waals surface area contributed by atoms with Crippen molar-refractivity contribution < 1.29 is 17.9 Å². The third-order valence-electron chi connectivity index (χ3n) is 6.95. The zero-order valence-corrected chi connectivity index (χ0v) is 22.1. The first kappa shape index (κ1) is 25.3. The van der Waals surface area contributed by atoms with Gasteiger partial charge < -0.3 is 10.1 Å². The van der Waals surface area contributed by atoms with E-state index in [4.69, 9.17) is 4.74 Å². The number of benzene rings is 3. The summed E-state index contributed by atoms with van der Waals surface area (Å²) < 4.78 is 34.6. The Kier molecular flexibility index (Phi) is 7.22. The highest BCUT2D eigenvalue weighted by Gasteiger charge is 2.37. The van der Waals surface area contributed by atoms with Crippen molar-refractivity contribution >= 4 is 21.6 Å². The van der Waals surface area contributed by atoms with E-state index in [2.05, 4.69) is 22.3 Å². The fourth-order valence-electron chi connectivity index (χ4n) is 4.90. The van der Waals surface area contributed by atoms with Crippen LogP contribution in [0.2, 0.25) is 0 Å². The van der Waals surface area contributed by atoms with Crippen LogP contribution in [0.15, 0.2) is 71.6 Å². The first-order valence-electron chi connectivity index (χ1n) is 12.7. The number of ether oxygens (including phenoxy) is 1. The summed E-state index contributed by atoms with van der Waals surface area (Å²) in [5.41, 5.74) is 4.55. The van der Waals surface area contributed by atoms with Crippen LogP contribution in [-0.2, 0) is 27.9 Å². The minimum Gasteiger partial charge on any atom is -0.476 e. The van der Waals surface area contributed by atoms with Crippen LogP contribution >= 0.6 is 0 Å². The van der Waals surface area contributed by atoms with Gasteiger partial charge in [0.05, 0.1) is 17.1 Å². The van der Waals surface area contributed by atoms with Crippen molar-refractivity contribution in [1.82, 2.24) is 10.2 Å². The molecule has 0 aromatic heterocycles. The molecule has 0 spiro atoms. The van der Waals surface area contributed by atoms with Crippen molar-refractivity contribution in [1.29, 1.82) is 0 Å². The van der Waals surface area contributed by atoms with E-state index in [1.165, 1.54) is 22.7 Å². The number of nitrogens with zero attached hydrogens (tertiary/aromatic N) is 2. The van der Waals surface area contributed by atoms with Crippen LogP contribution in [0.5, 0.6) is 5.75 Å². The van der Waals surface area contributed by atoms with E-state index in [9.17, 15) is 13.2 Å². The topological polar surface area (TPSA) is 79.0 Å². The number of hydrogen-bond donors (Lipinski definition) is 1. The number of carbonyl (C=O) groups excluding carboxylic acids is 1. The second-order valence-corrected chi connectivity index (χ2v) is 11.8. The van der Waals surface area contributed by atoms with Gasteiger partial charge in [-0.3, -0.25) is 14.0 Å². The molecule has 0 radical (unpaired) electrons. The first-order valence-corrected chi connectivity index (χ1v) is 14.2. The highest BCUT2D eigenvalue weighted by atomic mass is 32.2. The molecule has 8 heteroatoms. The molecule has 0 saturated carbocycles. The van der Waals surface area contributed by atoms with Gasteiger partial charge in [0.25, 0.3) is 15.9 Å². The van der Waals surface area contributed by atoms with Crippen molar-refractivity contribution in [3.8, 4) is 5.75 Å². The summed E-state index contributed by atoms with van der Waals surface area (Å²) in [6.07, 6.45) is 1.52. The smallest absolute Gasteiger partial charge is 0.264 e. The van der Waals surface area contributed by atoms with Gasteiger partial charge in [0.15, 0.2) is 6.10 Å². The zero-order chi connectivity index (χ0) is 26.0. The summed E-state index contributed by atoms with van der Waals surface area (Å²) in [7, 11) is -3.89. The molecular weight excluding hydrogens is 486 g/mol. The van der Waals surface area contributed by atoms with Gasteiger partial charge >= 0.3 is 0 Å². The van der Waals surface area contributed by atoms with E-state index in [0.717, 1.165) is 36.3 Å². The van der Waals surface area contributed by atoms with Crippen molar-refractivity contribution in [2.75, 3.05) is 23.9 Å². The number of sulfonamides is 1. The lowest BCUT2D eigenvalue weighted by molar-refractivity contribution is -0.127. The fourth-order valence-corrected chi connectivity index (χ4v) is 6.37. The Bertz CT molecular complexity index is 1380. The maximum absolute atomic E-state index is 13.6. The minimum atomic E-state index is -3.89. The Hall–Kier alpha value is -3.36. The number of likely N-dealkylation sites (tertiary alicyclic amines) is 1. The van der Waals surface area contributed by atoms with Crippen LogP contribution < -0.4 is 14.4 Å². The Balaban J connectivity index is 1.33. The fraction of sp³-hybridized carbons (Fsp3) is 0.345. The number of rotatable bonds is 7. The van der Waals surface area contributed by atoms with E-state index in [1.54, 1.807) is 36.4 Å². The Morgan fingerprint density at radius 2 is 1.65 bits per heavy atom. The van der Waals surface area contributed by atoms with Crippen LogP contribution in [-0.4, -0.2) is 45.0 Å². The van der Waals surface area contributed by atoms with Crippen molar-refractivity contribution in [3.63, 3.8) is 0 Å². The Labute approximate surface area is 219 Å². The number of nitrogens with one attached hydrogen (secondary N) is 1. The SMILES string of the molecule is Cc1ccc(S(=O)(=O)N2CC(C(=O)NCc3cccc(CN4CCCC4)c3)Oc3ccc(C)cc32)cc1. The van der Waals surface area contributed by atoms with Crippen molar-refractivity contribution in [3.05, 3.63) is 89.0 Å². The van der Waals surface area contributed by atoms with Crippen LogP contribution in [0.3, 0.4) is 0 Å². The maximum Gasteiger partial charge on any atom is 0.264 e. The molecule has 194 valence electrons. The molecule has 1 amide bonds. The van der Waals surface area contributed by atoms with Crippen molar-refractivity contribution in [2.45, 2.75) is 50.8 Å². The highest BCUT2D eigenvalue weighted by molar-refractivity contribution is 7.92. The molecule has 1 saturated heterocycles. The summed E-state index contributed by atoms with van der Waals surface area (Å²) >= 11 is 0. The third kappa shape index (κ3) is 5.65. The molecule has 1 atom stereocenters. The van der Waals surface area contributed by atoms with Gasteiger partial charge in [-0.2, -0.15) is 0 Å². The molecule has 3 aromatic carbocycles. The lowest BCUT2D eigenvalue weighted by Crippen LogP contribution is -2.50. The molecule has 2 aliphatic rings. The quantitative estimate of drug-likeness (QED) is 0.507. The second-order valence-electron chi connectivity index (χ2n) is 9.95. The Morgan fingerprint density at radius 3 is 2.41 bits per heavy atom. The standard InChI is InChI=1S/C29H33N3O4S/c1-21-8-11-25(12-9-21)37(34,35)32-20-28(36-27-13-10-22(2)16-26(27)32)29(33)30-18-23-6-5-7-24(17-23)19-31-14-3-4-15-31/h5-13,16-17,28H,3-4,14-15,18-20H2,1-2H3,(H,30,33). The summed E-state index contributed by atoms with van der Waals surface area (Å²) in [6, 6.07) is 20.3. The molecule has 2 heterocycles. The van der Waals surface area contributed by atoms with E-state index in [1.807, 2.05) is 32.0 Å². The van der Waals surface area contributed by atoms with Gasteiger partial charge in [-0.1, -0.05) is 48.0 Å². The van der Waals surface area contributed by atoms with Crippen LogP contribution in [0.4, 0.5) is 5.69 Å². The molecular formula is C29H33N3O4S. The van der Waals surface area contributed by atoms with Gasteiger partial charge in [-0.25, -0.2) is 8.42 Å². The number of fused-ring (bicyclic) bond motifs is 1. The monoisotopic (exact) mass is 519 g/mol. The molecule has 5 rings (SSSR count). The zero-order valence-electron chi connectivity index (χ0n) is 21.3. The van der Waals surface area contributed by atoms with Gasteiger partial charge in [0.2, 0.25) is 0 Å². The summed E-state index contributed by atoms with van der Waals surface area (Å²) in [5, 5.41) is 2.95. The van der Waals surface area contributed by atoms with Crippen LogP contribution in [0, 0.1) is 13.8 Å². The molecule has 7 nitrogen and oxygen atoms in total. The normalized spacial score (nSPS) is 17.8. The molecule has 1 fully saturated rings. The predicted octanol–water partition coefficient (Wildman–Crippen LogP) is 4.17. The van der Waals surface area contributed by atoms with Gasteiger partial charge in [0, 0.05) is 13.1 Å². The van der Waals surface area contributed by atoms with E-state index >= 15 is 0 Å². The minimum absolute atomic E-state index is 0.104. The first-order chi connectivity index (χ1) is 17.8. The summed E-state index contributed by atoms with van der Waals surface area (Å²) in [4.78, 5) is 15.8. The van der Waals surface area contributed by atoms with Gasteiger partial charge in [-0.05, 0) is 80.7 Å². The summed E-state index contributed by atoms with van der Waals surface area (Å²) in [5.74, 6) is 0.0283. The number of anilines is 1. The molecule has 37 heavy (non-hydrogen) atoms. The predicted molar refractivity (Wildman–Crippen MR) is 144 cm³/mol. The molecule has 3 aromatic rings. The number of hydrogen-bond acceptors (Lipinski definition) is 5. The molecule has 1 unspecified atom stereocenters. The largest absolute Gasteiger partial charge is 0.476 e.